The topological polar surface area (TPSA) is 64.6 Å². The second-order valence-electron chi connectivity index (χ2n) is 4.70. The van der Waals surface area contributed by atoms with Crippen LogP contribution in [0, 0.1) is 6.92 Å². The third-order valence-corrected chi connectivity index (χ3v) is 5.75. The molecule has 1 heterocycles. The highest BCUT2D eigenvalue weighted by Crippen LogP contribution is 2.32. The fraction of sp³-hybridized carbons (Fsp3) is 0.333. The second kappa shape index (κ2) is 7.13. The van der Waals surface area contributed by atoms with Gasteiger partial charge in [-0.3, -0.25) is 0 Å². The maximum Gasteiger partial charge on any atom is 0.240 e. The first-order chi connectivity index (χ1) is 10.5. The highest BCUT2D eigenvalue weighted by molar-refractivity contribution is 7.89. The van der Waals surface area contributed by atoms with Crippen molar-refractivity contribution in [3.8, 4) is 11.5 Å². The molecule has 120 valence electrons. The van der Waals surface area contributed by atoms with Crippen LogP contribution in [0.25, 0.3) is 0 Å². The van der Waals surface area contributed by atoms with Crippen LogP contribution in [0.5, 0.6) is 11.5 Å². The fourth-order valence-electron chi connectivity index (χ4n) is 2.09. The number of methoxy groups -OCH3 is 2. The summed E-state index contributed by atoms with van der Waals surface area (Å²) >= 11 is 1.61. The summed E-state index contributed by atoms with van der Waals surface area (Å²) in [6.45, 7) is 2.09. The lowest BCUT2D eigenvalue weighted by Crippen LogP contribution is -2.26. The summed E-state index contributed by atoms with van der Waals surface area (Å²) in [4.78, 5) is 1.35. The molecule has 5 nitrogen and oxygen atoms in total. The van der Waals surface area contributed by atoms with E-state index in [9.17, 15) is 8.42 Å². The molecule has 0 bridgehead atoms. The molecule has 7 heteroatoms. The standard InChI is InChI=1S/C15H19NO4S2/c1-11-9-13(19-2)14(20-3)10-15(11)22(17,18)16-7-6-12-5-4-8-21-12/h4-5,8-10,16H,6-7H2,1-3H3. The van der Waals surface area contributed by atoms with Crippen LogP contribution < -0.4 is 14.2 Å². The molecule has 0 saturated carbocycles. The van der Waals surface area contributed by atoms with Gasteiger partial charge in [0.2, 0.25) is 10.0 Å². The molecule has 1 aromatic carbocycles. The first-order valence-corrected chi connectivity index (χ1v) is 9.09. The normalized spacial score (nSPS) is 11.4. The number of aryl methyl sites for hydroxylation is 1. The fourth-order valence-corrected chi connectivity index (χ4v) is 4.07. The van der Waals surface area contributed by atoms with Gasteiger partial charge in [0.05, 0.1) is 19.1 Å². The minimum atomic E-state index is -3.58. The van der Waals surface area contributed by atoms with Crippen molar-refractivity contribution in [2.75, 3.05) is 20.8 Å². The van der Waals surface area contributed by atoms with Crippen molar-refractivity contribution < 1.29 is 17.9 Å². The molecule has 0 saturated heterocycles. The van der Waals surface area contributed by atoms with Gasteiger partial charge in [-0.25, -0.2) is 13.1 Å². The number of hydrogen-bond donors (Lipinski definition) is 1. The van der Waals surface area contributed by atoms with Crippen LogP contribution in [0.15, 0.2) is 34.5 Å². The minimum absolute atomic E-state index is 0.205. The summed E-state index contributed by atoms with van der Waals surface area (Å²) in [6.07, 6.45) is 0.670. The van der Waals surface area contributed by atoms with Gasteiger partial charge in [0.15, 0.2) is 11.5 Å². The Balaban J connectivity index is 2.17. The number of benzene rings is 1. The first kappa shape index (κ1) is 16.8. The molecule has 0 aliphatic heterocycles. The Hall–Kier alpha value is -1.57. The van der Waals surface area contributed by atoms with E-state index in [2.05, 4.69) is 4.72 Å². The Morgan fingerprint density at radius 1 is 1.18 bits per heavy atom. The van der Waals surface area contributed by atoms with Gasteiger partial charge >= 0.3 is 0 Å². The molecule has 0 radical (unpaired) electrons. The maximum absolute atomic E-state index is 12.4. The molecule has 2 rings (SSSR count). The van der Waals surface area contributed by atoms with Gasteiger partial charge in [-0.05, 0) is 36.4 Å². The summed E-state index contributed by atoms with van der Waals surface area (Å²) in [5.74, 6) is 0.907. The molecular weight excluding hydrogens is 322 g/mol. The smallest absolute Gasteiger partial charge is 0.240 e. The summed E-state index contributed by atoms with van der Waals surface area (Å²) in [5, 5.41) is 1.97. The summed E-state index contributed by atoms with van der Waals surface area (Å²) in [5.41, 5.74) is 0.612. The summed E-state index contributed by atoms with van der Waals surface area (Å²) < 4.78 is 37.9. The van der Waals surface area contributed by atoms with Crippen molar-refractivity contribution in [3.63, 3.8) is 0 Å². The van der Waals surface area contributed by atoms with Crippen molar-refractivity contribution >= 4 is 21.4 Å². The largest absolute Gasteiger partial charge is 0.493 e. The maximum atomic E-state index is 12.4. The highest BCUT2D eigenvalue weighted by Gasteiger charge is 2.19. The molecule has 0 atom stereocenters. The van der Waals surface area contributed by atoms with Crippen LogP contribution in [0.4, 0.5) is 0 Å². The van der Waals surface area contributed by atoms with E-state index >= 15 is 0 Å². The first-order valence-electron chi connectivity index (χ1n) is 6.72. The quantitative estimate of drug-likeness (QED) is 0.841. The van der Waals surface area contributed by atoms with Gasteiger partial charge in [-0.2, -0.15) is 0 Å². The van der Waals surface area contributed by atoms with Crippen molar-refractivity contribution in [2.45, 2.75) is 18.2 Å². The van der Waals surface area contributed by atoms with E-state index < -0.39 is 10.0 Å². The Morgan fingerprint density at radius 2 is 1.86 bits per heavy atom. The van der Waals surface area contributed by atoms with E-state index in [1.807, 2.05) is 17.5 Å². The number of sulfonamides is 1. The molecule has 0 aliphatic carbocycles. The zero-order valence-corrected chi connectivity index (χ0v) is 14.4. The predicted molar refractivity (Wildman–Crippen MR) is 87.5 cm³/mol. The number of rotatable bonds is 7. The number of thiophene rings is 1. The van der Waals surface area contributed by atoms with Crippen LogP contribution in [0.3, 0.4) is 0 Å². The SMILES string of the molecule is COc1cc(C)c(S(=O)(=O)NCCc2cccs2)cc1OC. The third-order valence-electron chi connectivity index (χ3n) is 3.21. The molecule has 22 heavy (non-hydrogen) atoms. The minimum Gasteiger partial charge on any atom is -0.493 e. The van der Waals surface area contributed by atoms with Crippen LogP contribution in [0.1, 0.15) is 10.4 Å². The van der Waals surface area contributed by atoms with Gasteiger partial charge in [0, 0.05) is 17.5 Å². The zero-order chi connectivity index (χ0) is 16.2. The van der Waals surface area contributed by atoms with Crippen LogP contribution in [0.2, 0.25) is 0 Å². The van der Waals surface area contributed by atoms with E-state index in [4.69, 9.17) is 9.47 Å². The van der Waals surface area contributed by atoms with E-state index in [0.29, 0.717) is 30.0 Å². The molecule has 0 spiro atoms. The Labute approximate surface area is 134 Å². The molecule has 2 aromatic rings. The molecule has 0 fully saturated rings. The summed E-state index contributed by atoms with van der Waals surface area (Å²) in [7, 11) is -0.584. The molecular formula is C15H19NO4S2. The van der Waals surface area contributed by atoms with Gasteiger partial charge in [0.25, 0.3) is 0 Å². The molecule has 0 amide bonds. The predicted octanol–water partition coefficient (Wildman–Crippen LogP) is 2.59. The van der Waals surface area contributed by atoms with Crippen LogP contribution in [-0.2, 0) is 16.4 Å². The third kappa shape index (κ3) is 3.79. The average molecular weight is 341 g/mol. The second-order valence-corrected chi connectivity index (χ2v) is 7.47. The number of hydrogen-bond acceptors (Lipinski definition) is 5. The highest BCUT2D eigenvalue weighted by atomic mass is 32.2. The lowest BCUT2D eigenvalue weighted by molar-refractivity contribution is 0.353. The Morgan fingerprint density at radius 3 is 2.45 bits per heavy atom. The monoisotopic (exact) mass is 341 g/mol. The van der Waals surface area contributed by atoms with Crippen molar-refractivity contribution in [3.05, 3.63) is 40.1 Å². The zero-order valence-electron chi connectivity index (χ0n) is 12.8. The van der Waals surface area contributed by atoms with Crippen molar-refractivity contribution in [1.29, 1.82) is 0 Å². The molecule has 1 N–H and O–H groups in total. The molecule has 0 unspecified atom stereocenters. The Bertz CT molecular complexity index is 724. The van der Waals surface area contributed by atoms with E-state index in [1.165, 1.54) is 20.3 Å². The van der Waals surface area contributed by atoms with Gasteiger partial charge < -0.3 is 9.47 Å². The van der Waals surface area contributed by atoms with E-state index in [-0.39, 0.29) is 4.90 Å². The average Bonchev–Trinajstić information content (AvgIpc) is 2.99. The van der Waals surface area contributed by atoms with Gasteiger partial charge in [-0.1, -0.05) is 6.07 Å². The number of nitrogens with one attached hydrogen (secondary N) is 1. The van der Waals surface area contributed by atoms with E-state index in [1.54, 1.807) is 24.3 Å². The van der Waals surface area contributed by atoms with Crippen LogP contribution in [-0.4, -0.2) is 29.2 Å². The molecule has 0 aliphatic rings. The Kier molecular flexibility index (Phi) is 5.44. The van der Waals surface area contributed by atoms with Crippen molar-refractivity contribution in [1.82, 2.24) is 4.72 Å². The van der Waals surface area contributed by atoms with E-state index in [0.717, 1.165) is 4.88 Å². The lowest BCUT2D eigenvalue weighted by atomic mass is 10.2. The van der Waals surface area contributed by atoms with Crippen molar-refractivity contribution in [2.24, 2.45) is 0 Å². The van der Waals surface area contributed by atoms with Crippen LogP contribution >= 0.6 is 11.3 Å². The summed E-state index contributed by atoms with van der Waals surface area (Å²) in [6, 6.07) is 7.09. The van der Waals surface area contributed by atoms with Gasteiger partial charge in [-0.15, -0.1) is 11.3 Å². The number of ether oxygens (including phenoxy) is 2. The molecule has 1 aromatic heterocycles. The van der Waals surface area contributed by atoms with Gasteiger partial charge in [0.1, 0.15) is 0 Å². The lowest BCUT2D eigenvalue weighted by Gasteiger charge is -2.13.